The zero-order valence-electron chi connectivity index (χ0n) is 14.1. The summed E-state index contributed by atoms with van der Waals surface area (Å²) in [5.41, 5.74) is 3.44. The molecule has 0 spiro atoms. The van der Waals surface area contributed by atoms with E-state index < -0.39 is 0 Å². The number of rotatable bonds is 3. The van der Waals surface area contributed by atoms with Gasteiger partial charge in [0.15, 0.2) is 0 Å². The van der Waals surface area contributed by atoms with Crippen molar-refractivity contribution in [3.63, 3.8) is 0 Å². The van der Waals surface area contributed by atoms with Crippen molar-refractivity contribution in [1.82, 2.24) is 10.6 Å². The molecule has 5 heteroatoms. The van der Waals surface area contributed by atoms with Gasteiger partial charge in [0.2, 0.25) is 0 Å². The number of urea groups is 1. The summed E-state index contributed by atoms with van der Waals surface area (Å²) < 4.78 is 11.2. The Morgan fingerprint density at radius 2 is 2.00 bits per heavy atom. The van der Waals surface area contributed by atoms with Crippen LogP contribution in [0.3, 0.4) is 0 Å². The van der Waals surface area contributed by atoms with E-state index in [1.807, 2.05) is 0 Å². The number of aryl methyl sites for hydroxylation is 1. The first-order valence-corrected chi connectivity index (χ1v) is 8.44. The van der Waals surface area contributed by atoms with E-state index in [-0.39, 0.29) is 18.1 Å². The Morgan fingerprint density at radius 3 is 2.74 bits per heavy atom. The number of fused-ring (bicyclic) bond motifs is 1. The van der Waals surface area contributed by atoms with Crippen molar-refractivity contribution >= 4 is 6.03 Å². The smallest absolute Gasteiger partial charge is 0.315 e. The third kappa shape index (κ3) is 3.44. The first kappa shape index (κ1) is 16.1. The average molecular weight is 318 g/mol. The summed E-state index contributed by atoms with van der Waals surface area (Å²) in [4.78, 5) is 12.3. The molecule has 2 aliphatic heterocycles. The van der Waals surface area contributed by atoms with Crippen molar-refractivity contribution in [3.8, 4) is 5.75 Å². The van der Waals surface area contributed by atoms with Crippen LogP contribution in [0, 0.1) is 19.8 Å². The van der Waals surface area contributed by atoms with Crippen LogP contribution in [0.25, 0.3) is 0 Å². The van der Waals surface area contributed by atoms with Gasteiger partial charge in [-0.3, -0.25) is 0 Å². The predicted molar refractivity (Wildman–Crippen MR) is 88.8 cm³/mol. The Morgan fingerprint density at radius 1 is 1.26 bits per heavy atom. The number of nitrogens with one attached hydrogen (secondary N) is 2. The standard InChI is InChI=1S/C18H26N2O3/c1-11-4-5-15-16(10-23-17(15)12(11)2)20-18(21)19-13(3)14-6-8-22-9-7-14/h4-5,13-14,16H,6-10H2,1-3H3,(H2,19,20,21)/t13-,16-/m1/s1. The third-order valence-corrected chi connectivity index (χ3v) is 5.11. The van der Waals surface area contributed by atoms with Crippen LogP contribution >= 0.6 is 0 Å². The summed E-state index contributed by atoms with van der Waals surface area (Å²) in [6.07, 6.45) is 2.02. The van der Waals surface area contributed by atoms with E-state index in [1.165, 1.54) is 5.56 Å². The van der Waals surface area contributed by atoms with Crippen molar-refractivity contribution in [2.24, 2.45) is 5.92 Å². The average Bonchev–Trinajstić information content (AvgIpc) is 2.95. The van der Waals surface area contributed by atoms with Crippen molar-refractivity contribution in [2.75, 3.05) is 19.8 Å². The summed E-state index contributed by atoms with van der Waals surface area (Å²) in [7, 11) is 0. The number of ether oxygens (including phenoxy) is 2. The van der Waals surface area contributed by atoms with Gasteiger partial charge >= 0.3 is 6.03 Å². The van der Waals surface area contributed by atoms with E-state index in [1.54, 1.807) is 0 Å². The Hall–Kier alpha value is -1.75. The van der Waals surface area contributed by atoms with Gasteiger partial charge in [-0.05, 0) is 50.7 Å². The predicted octanol–water partition coefficient (Wildman–Crippen LogP) is 2.85. The van der Waals surface area contributed by atoms with Crippen LogP contribution in [0.1, 0.15) is 42.5 Å². The molecule has 0 bridgehead atoms. The summed E-state index contributed by atoms with van der Waals surface area (Å²) in [6.45, 7) is 8.29. The molecule has 126 valence electrons. The molecule has 0 radical (unpaired) electrons. The summed E-state index contributed by atoms with van der Waals surface area (Å²) >= 11 is 0. The van der Waals surface area contributed by atoms with Crippen molar-refractivity contribution in [1.29, 1.82) is 0 Å². The molecule has 0 saturated carbocycles. The van der Waals surface area contributed by atoms with E-state index in [4.69, 9.17) is 9.47 Å². The van der Waals surface area contributed by atoms with Crippen LogP contribution in [-0.2, 0) is 4.74 Å². The molecule has 0 aromatic heterocycles. The van der Waals surface area contributed by atoms with Crippen LogP contribution in [0.15, 0.2) is 12.1 Å². The summed E-state index contributed by atoms with van der Waals surface area (Å²) in [5.74, 6) is 1.42. The Balaban J connectivity index is 1.58. The Kier molecular flexibility index (Phi) is 4.76. The molecule has 2 aliphatic rings. The lowest BCUT2D eigenvalue weighted by molar-refractivity contribution is 0.0570. The number of benzene rings is 1. The number of hydrogen-bond acceptors (Lipinski definition) is 3. The van der Waals surface area contributed by atoms with Gasteiger partial charge in [-0.15, -0.1) is 0 Å². The highest BCUT2D eigenvalue weighted by atomic mass is 16.5. The van der Waals surface area contributed by atoms with Gasteiger partial charge < -0.3 is 20.1 Å². The van der Waals surface area contributed by atoms with Gasteiger partial charge in [-0.25, -0.2) is 4.79 Å². The van der Waals surface area contributed by atoms with E-state index in [0.29, 0.717) is 12.5 Å². The molecule has 23 heavy (non-hydrogen) atoms. The number of hydrogen-bond donors (Lipinski definition) is 2. The molecule has 2 heterocycles. The minimum Gasteiger partial charge on any atom is -0.490 e. The number of amides is 2. The molecule has 3 rings (SSSR count). The maximum Gasteiger partial charge on any atom is 0.315 e. The molecular formula is C18H26N2O3. The molecule has 0 unspecified atom stereocenters. The van der Waals surface area contributed by atoms with Crippen molar-refractivity contribution < 1.29 is 14.3 Å². The monoisotopic (exact) mass is 318 g/mol. The van der Waals surface area contributed by atoms with Crippen LogP contribution in [-0.4, -0.2) is 31.9 Å². The highest BCUT2D eigenvalue weighted by Gasteiger charge is 2.28. The topological polar surface area (TPSA) is 59.6 Å². The van der Waals surface area contributed by atoms with E-state index in [0.717, 1.165) is 42.9 Å². The molecule has 2 N–H and O–H groups in total. The highest BCUT2D eigenvalue weighted by molar-refractivity contribution is 5.75. The molecule has 2 atom stereocenters. The zero-order valence-corrected chi connectivity index (χ0v) is 14.1. The largest absolute Gasteiger partial charge is 0.490 e. The maximum absolute atomic E-state index is 12.3. The summed E-state index contributed by atoms with van der Waals surface area (Å²) in [6, 6.07) is 4.09. The molecule has 1 aromatic carbocycles. The van der Waals surface area contributed by atoms with Crippen LogP contribution in [0.2, 0.25) is 0 Å². The number of carbonyl (C=O) groups excluding carboxylic acids is 1. The van der Waals surface area contributed by atoms with Gasteiger partial charge in [0.25, 0.3) is 0 Å². The minimum atomic E-state index is -0.122. The second-order valence-corrected chi connectivity index (χ2v) is 6.65. The molecule has 1 aromatic rings. The lowest BCUT2D eigenvalue weighted by Gasteiger charge is -2.28. The first-order chi connectivity index (χ1) is 11.1. The third-order valence-electron chi connectivity index (χ3n) is 5.11. The zero-order chi connectivity index (χ0) is 16.4. The van der Waals surface area contributed by atoms with Crippen molar-refractivity contribution in [2.45, 2.75) is 45.7 Å². The van der Waals surface area contributed by atoms with Crippen LogP contribution < -0.4 is 15.4 Å². The SMILES string of the molecule is Cc1ccc2c(c1C)OC[C@H]2NC(=O)N[C@H](C)C1CCOCC1. The van der Waals surface area contributed by atoms with Crippen molar-refractivity contribution in [3.05, 3.63) is 28.8 Å². The molecule has 1 saturated heterocycles. The molecule has 0 aliphatic carbocycles. The second kappa shape index (κ2) is 6.79. The minimum absolute atomic E-state index is 0.0776. The molecule has 1 fully saturated rings. The molecule has 5 nitrogen and oxygen atoms in total. The molecule has 2 amide bonds. The van der Waals surface area contributed by atoms with E-state index in [2.05, 4.69) is 43.5 Å². The Labute approximate surface area is 137 Å². The lowest BCUT2D eigenvalue weighted by Crippen LogP contribution is -2.46. The van der Waals surface area contributed by atoms with Crippen LogP contribution in [0.4, 0.5) is 4.79 Å². The van der Waals surface area contributed by atoms with Gasteiger partial charge in [0, 0.05) is 24.8 Å². The lowest BCUT2D eigenvalue weighted by atomic mass is 9.93. The van der Waals surface area contributed by atoms with Gasteiger partial charge in [0.05, 0.1) is 6.04 Å². The number of carbonyl (C=O) groups is 1. The fraction of sp³-hybridized carbons (Fsp3) is 0.611. The molecular weight excluding hydrogens is 292 g/mol. The quantitative estimate of drug-likeness (QED) is 0.901. The van der Waals surface area contributed by atoms with Gasteiger partial charge in [0.1, 0.15) is 12.4 Å². The normalized spacial score (nSPS) is 22.1. The van der Waals surface area contributed by atoms with E-state index in [9.17, 15) is 4.79 Å². The van der Waals surface area contributed by atoms with Gasteiger partial charge in [-0.1, -0.05) is 12.1 Å². The fourth-order valence-corrected chi connectivity index (χ4v) is 3.39. The maximum atomic E-state index is 12.3. The van der Waals surface area contributed by atoms with Crippen LogP contribution in [0.5, 0.6) is 5.75 Å². The first-order valence-electron chi connectivity index (χ1n) is 8.44. The van der Waals surface area contributed by atoms with Gasteiger partial charge in [-0.2, -0.15) is 0 Å². The summed E-state index contributed by atoms with van der Waals surface area (Å²) in [5, 5.41) is 6.12. The van der Waals surface area contributed by atoms with E-state index >= 15 is 0 Å². The highest BCUT2D eigenvalue weighted by Crippen LogP contribution is 2.36. The second-order valence-electron chi connectivity index (χ2n) is 6.65. The fourth-order valence-electron chi connectivity index (χ4n) is 3.39. The Bertz CT molecular complexity index is 582.